The second-order valence-electron chi connectivity index (χ2n) is 4.03. The average molecular weight is 498 g/mol. The van der Waals surface area contributed by atoms with Crippen molar-refractivity contribution >= 4 is 63.7 Å². The van der Waals surface area contributed by atoms with Gasteiger partial charge in [0, 0.05) is 13.4 Å². The molecule has 0 radical (unpaired) electrons. The molecular weight excluding hydrogens is 488 g/mol. The summed E-state index contributed by atoms with van der Waals surface area (Å²) in [6.45, 7) is 2.13. The van der Waals surface area contributed by atoms with Crippen LogP contribution in [0.3, 0.4) is 0 Å². The van der Waals surface area contributed by atoms with E-state index < -0.39 is 0 Å². The molecule has 0 heterocycles. The van der Waals surface area contributed by atoms with E-state index >= 15 is 0 Å². The molecule has 0 N–H and O–H groups in total. The topological polar surface area (TPSA) is 0 Å². The van der Waals surface area contributed by atoms with Crippen LogP contribution in [0.2, 0.25) is 0 Å². The Hall–Kier alpha value is 0.360. The minimum Gasteiger partial charge on any atom is -0.0786 e. The van der Waals surface area contributed by atoms with Crippen LogP contribution in [0.5, 0.6) is 0 Å². The third-order valence-electron chi connectivity index (χ3n) is 2.74. The highest BCUT2D eigenvalue weighted by atomic mass is 79.9. The minimum atomic E-state index is 0.178. The van der Waals surface area contributed by atoms with Gasteiger partial charge in [0.2, 0.25) is 0 Å². The first kappa shape index (κ1) is 14.8. The van der Waals surface area contributed by atoms with Crippen LogP contribution in [-0.2, 0) is 0 Å². The number of alkyl halides is 1. The molecule has 2 rings (SSSR count). The van der Waals surface area contributed by atoms with E-state index in [9.17, 15) is 0 Å². The Morgan fingerprint density at radius 2 is 1.44 bits per heavy atom. The molecule has 0 nitrogen and oxygen atoms in total. The monoisotopic (exact) mass is 494 g/mol. The quantitative estimate of drug-likeness (QED) is 0.402. The maximum Gasteiger partial charge on any atom is 0.0658 e. The molecule has 0 saturated heterocycles. The summed E-state index contributed by atoms with van der Waals surface area (Å²) in [5.41, 5.74) is 3.75. The predicted octanol–water partition coefficient (Wildman–Crippen LogP) is 6.77. The van der Waals surface area contributed by atoms with E-state index in [1.165, 1.54) is 16.7 Å². The van der Waals surface area contributed by atoms with Crippen LogP contribution in [-0.4, -0.2) is 0 Å². The van der Waals surface area contributed by atoms with Crippen molar-refractivity contribution in [3.8, 4) is 0 Å². The van der Waals surface area contributed by atoms with E-state index in [1.54, 1.807) is 0 Å². The molecule has 0 bridgehead atoms. The summed E-state index contributed by atoms with van der Waals surface area (Å²) < 4.78 is 3.30. The highest BCUT2D eigenvalue weighted by Gasteiger charge is 2.16. The molecule has 2 aromatic rings. The van der Waals surface area contributed by atoms with Gasteiger partial charge in [-0.3, -0.25) is 0 Å². The fourth-order valence-corrected chi connectivity index (χ4v) is 4.33. The first-order valence-electron chi connectivity index (χ1n) is 5.34. The van der Waals surface area contributed by atoms with Gasteiger partial charge in [-0.1, -0.05) is 69.8 Å². The second kappa shape index (κ2) is 6.21. The van der Waals surface area contributed by atoms with Crippen LogP contribution < -0.4 is 0 Å². The van der Waals surface area contributed by atoms with Gasteiger partial charge in [-0.15, -0.1) is 0 Å². The summed E-state index contributed by atoms with van der Waals surface area (Å²) in [4.78, 5) is 0.178. The molecule has 0 aliphatic carbocycles. The van der Waals surface area contributed by atoms with Crippen LogP contribution in [0.25, 0.3) is 0 Å². The second-order valence-corrected chi connectivity index (χ2v) is 7.63. The fourth-order valence-electron chi connectivity index (χ4n) is 1.80. The molecule has 2 aromatic carbocycles. The Balaban J connectivity index is 2.47. The molecule has 0 fully saturated rings. The maximum absolute atomic E-state index is 3.79. The third kappa shape index (κ3) is 3.27. The van der Waals surface area contributed by atoms with Gasteiger partial charge < -0.3 is 0 Å². The smallest absolute Gasteiger partial charge is 0.0658 e. The summed E-state index contributed by atoms with van der Waals surface area (Å²) >= 11 is 14.4. The number of rotatable bonds is 2. The van der Waals surface area contributed by atoms with E-state index in [1.807, 2.05) is 6.07 Å². The Kier molecular flexibility index (Phi) is 5.09. The van der Waals surface area contributed by atoms with Gasteiger partial charge in [0.1, 0.15) is 0 Å². The van der Waals surface area contributed by atoms with E-state index in [0.29, 0.717) is 0 Å². The Morgan fingerprint density at radius 3 is 2.11 bits per heavy atom. The zero-order chi connectivity index (χ0) is 13.3. The summed E-state index contributed by atoms with van der Waals surface area (Å²) in [5, 5.41) is 0. The normalized spacial score (nSPS) is 12.5. The molecule has 0 aliphatic heterocycles. The van der Waals surface area contributed by atoms with Crippen molar-refractivity contribution in [3.63, 3.8) is 0 Å². The van der Waals surface area contributed by atoms with Crippen molar-refractivity contribution in [2.75, 3.05) is 0 Å². The van der Waals surface area contributed by atoms with Crippen molar-refractivity contribution in [2.24, 2.45) is 0 Å². The molecule has 18 heavy (non-hydrogen) atoms. The van der Waals surface area contributed by atoms with Crippen LogP contribution >= 0.6 is 63.7 Å². The molecule has 0 aliphatic rings. The number of halogens is 4. The van der Waals surface area contributed by atoms with Gasteiger partial charge in [0.05, 0.1) is 4.83 Å². The lowest BCUT2D eigenvalue weighted by atomic mass is 10.0. The van der Waals surface area contributed by atoms with Crippen molar-refractivity contribution in [3.05, 3.63) is 66.5 Å². The fraction of sp³-hybridized carbons (Fsp3) is 0.143. The Morgan fingerprint density at radius 1 is 0.833 bits per heavy atom. The van der Waals surface area contributed by atoms with Gasteiger partial charge in [-0.25, -0.2) is 0 Å². The van der Waals surface area contributed by atoms with Crippen molar-refractivity contribution in [1.82, 2.24) is 0 Å². The molecule has 0 saturated carbocycles. The summed E-state index contributed by atoms with van der Waals surface area (Å²) in [7, 11) is 0. The summed E-state index contributed by atoms with van der Waals surface area (Å²) in [6, 6.07) is 12.6. The molecule has 0 spiro atoms. The lowest BCUT2D eigenvalue weighted by molar-refractivity contribution is 1.13. The van der Waals surface area contributed by atoms with E-state index in [-0.39, 0.29) is 4.83 Å². The van der Waals surface area contributed by atoms with Gasteiger partial charge in [-0.2, -0.15) is 0 Å². The summed E-state index contributed by atoms with van der Waals surface area (Å²) in [6.07, 6.45) is 0. The van der Waals surface area contributed by atoms with E-state index in [2.05, 4.69) is 101 Å². The molecule has 4 heteroatoms. The lowest BCUT2D eigenvalue weighted by Gasteiger charge is -2.16. The molecule has 0 aromatic heterocycles. The van der Waals surface area contributed by atoms with E-state index in [0.717, 1.165) is 13.4 Å². The number of hydrogen-bond donors (Lipinski definition) is 0. The van der Waals surface area contributed by atoms with Crippen molar-refractivity contribution in [2.45, 2.75) is 11.8 Å². The van der Waals surface area contributed by atoms with Crippen molar-refractivity contribution in [1.29, 1.82) is 0 Å². The highest BCUT2D eigenvalue weighted by molar-refractivity contribution is 9.11. The van der Waals surface area contributed by atoms with Gasteiger partial charge in [0.25, 0.3) is 0 Å². The molecule has 0 amide bonds. The number of benzene rings is 2. The molecule has 1 atom stereocenters. The summed E-state index contributed by atoms with van der Waals surface area (Å²) in [5.74, 6) is 0. The average Bonchev–Trinajstić information content (AvgIpc) is 2.31. The maximum atomic E-state index is 3.79. The van der Waals surface area contributed by atoms with Crippen LogP contribution in [0, 0.1) is 6.92 Å². The zero-order valence-electron chi connectivity index (χ0n) is 9.55. The first-order valence-corrected chi connectivity index (χ1v) is 8.63. The third-order valence-corrected chi connectivity index (χ3v) is 5.43. The molecular formula is C14H10Br4. The minimum absolute atomic E-state index is 0.178. The largest absolute Gasteiger partial charge is 0.0786 e. The van der Waals surface area contributed by atoms with Gasteiger partial charge in [0.15, 0.2) is 0 Å². The standard InChI is InChI=1S/C14H10Br4/c1-8-6-9(15)2-4-11(8)14(18)12-7-10(16)3-5-13(12)17/h2-7,14H,1H3. The molecule has 1 unspecified atom stereocenters. The number of aryl methyl sites for hydroxylation is 1. The Labute approximate surface area is 141 Å². The first-order chi connectivity index (χ1) is 8.49. The molecule has 94 valence electrons. The van der Waals surface area contributed by atoms with Crippen LogP contribution in [0.4, 0.5) is 0 Å². The lowest BCUT2D eigenvalue weighted by Crippen LogP contribution is -1.97. The number of hydrogen-bond acceptors (Lipinski definition) is 0. The van der Waals surface area contributed by atoms with Gasteiger partial charge >= 0.3 is 0 Å². The zero-order valence-corrected chi connectivity index (χ0v) is 15.9. The van der Waals surface area contributed by atoms with Crippen LogP contribution in [0.15, 0.2) is 49.8 Å². The van der Waals surface area contributed by atoms with E-state index in [4.69, 9.17) is 0 Å². The Bertz CT molecular complexity index is 578. The van der Waals surface area contributed by atoms with Gasteiger partial charge in [-0.05, 0) is 53.9 Å². The van der Waals surface area contributed by atoms with Crippen molar-refractivity contribution < 1.29 is 0 Å². The van der Waals surface area contributed by atoms with Crippen LogP contribution in [0.1, 0.15) is 21.5 Å². The highest BCUT2D eigenvalue weighted by Crippen LogP contribution is 2.38. The predicted molar refractivity (Wildman–Crippen MR) is 91.5 cm³/mol. The SMILES string of the molecule is Cc1cc(Br)ccc1C(Br)c1cc(Br)ccc1Br.